The van der Waals surface area contributed by atoms with E-state index in [0.717, 1.165) is 4.88 Å². The Morgan fingerprint density at radius 1 is 1.30 bits per heavy atom. The molecule has 2 aromatic rings. The van der Waals surface area contributed by atoms with Crippen molar-refractivity contribution in [2.45, 2.75) is 5.37 Å². The second-order valence-corrected chi connectivity index (χ2v) is 7.34. The molecule has 6 heteroatoms. The third kappa shape index (κ3) is 3.13. The average molecular weight is 322 g/mol. The summed E-state index contributed by atoms with van der Waals surface area (Å²) in [5, 5.41) is 4.28. The maximum Gasteiger partial charge on any atom is 0.233 e. The van der Waals surface area contributed by atoms with Crippen LogP contribution in [0.25, 0.3) is 0 Å². The minimum atomic E-state index is 0.180. The Kier molecular flexibility index (Phi) is 4.54. The molecular formula is C14H14N2OS3. The van der Waals surface area contributed by atoms with Crippen molar-refractivity contribution in [1.82, 2.24) is 4.90 Å². The van der Waals surface area contributed by atoms with Crippen molar-refractivity contribution in [2.24, 2.45) is 4.99 Å². The Hall–Kier alpha value is -1.11. The van der Waals surface area contributed by atoms with Gasteiger partial charge in [-0.1, -0.05) is 12.1 Å². The molecule has 1 unspecified atom stereocenters. The molecule has 3 nitrogen and oxygen atoms in total. The monoisotopic (exact) mass is 322 g/mol. The van der Waals surface area contributed by atoms with Crippen molar-refractivity contribution in [3.63, 3.8) is 0 Å². The first-order valence-corrected chi connectivity index (χ1v) is 9.13. The largest absolute Gasteiger partial charge is 0.323 e. The highest BCUT2D eigenvalue weighted by Crippen LogP contribution is 2.40. The summed E-state index contributed by atoms with van der Waals surface area (Å²) in [4.78, 5) is 20.7. The summed E-state index contributed by atoms with van der Waals surface area (Å²) in [7, 11) is 0. The van der Waals surface area contributed by atoms with E-state index in [2.05, 4.69) is 16.4 Å². The Bertz CT molecular complexity index is 578. The predicted molar refractivity (Wildman–Crippen MR) is 88.0 cm³/mol. The summed E-state index contributed by atoms with van der Waals surface area (Å²) in [6.07, 6.45) is 1.89. The van der Waals surface area contributed by atoms with Crippen LogP contribution in [0.15, 0.2) is 40.0 Å². The van der Waals surface area contributed by atoms with E-state index in [1.165, 1.54) is 4.88 Å². The van der Waals surface area contributed by atoms with Crippen LogP contribution in [0.4, 0.5) is 0 Å². The molecule has 1 fully saturated rings. The van der Waals surface area contributed by atoms with E-state index in [1.54, 1.807) is 34.4 Å². The van der Waals surface area contributed by atoms with E-state index in [-0.39, 0.29) is 11.3 Å². The van der Waals surface area contributed by atoms with E-state index >= 15 is 0 Å². The first-order chi connectivity index (χ1) is 9.84. The summed E-state index contributed by atoms with van der Waals surface area (Å²) < 4.78 is 0. The summed E-state index contributed by atoms with van der Waals surface area (Å²) in [6.45, 7) is 1.35. The highest BCUT2D eigenvalue weighted by Gasteiger charge is 2.32. The summed E-state index contributed by atoms with van der Waals surface area (Å²) >= 11 is 5.09. The number of carbonyl (C=O) groups is 1. The first kappa shape index (κ1) is 13.9. The number of thiophene rings is 2. The number of hydrogen-bond donors (Lipinski definition) is 0. The van der Waals surface area contributed by atoms with Crippen molar-refractivity contribution in [3.8, 4) is 0 Å². The minimum absolute atomic E-state index is 0.180. The number of hydrogen-bond acceptors (Lipinski definition) is 5. The lowest BCUT2D eigenvalue weighted by atomic mass is 10.4. The molecule has 0 bridgehead atoms. The molecule has 0 radical (unpaired) electrons. The molecule has 3 heterocycles. The Balaban J connectivity index is 1.59. The van der Waals surface area contributed by atoms with Crippen molar-refractivity contribution in [3.05, 3.63) is 44.8 Å². The van der Waals surface area contributed by atoms with Gasteiger partial charge >= 0.3 is 0 Å². The van der Waals surface area contributed by atoms with Crippen LogP contribution in [0, 0.1) is 0 Å². The topological polar surface area (TPSA) is 32.7 Å². The van der Waals surface area contributed by atoms with E-state index in [4.69, 9.17) is 0 Å². The Morgan fingerprint density at radius 3 is 2.90 bits per heavy atom. The number of rotatable bonds is 5. The highest BCUT2D eigenvalue weighted by atomic mass is 32.2. The van der Waals surface area contributed by atoms with Gasteiger partial charge < -0.3 is 4.90 Å². The fourth-order valence-electron chi connectivity index (χ4n) is 2.05. The number of amides is 1. The molecule has 0 spiro atoms. The van der Waals surface area contributed by atoms with Gasteiger partial charge in [-0.05, 0) is 22.9 Å². The highest BCUT2D eigenvalue weighted by molar-refractivity contribution is 8.00. The van der Waals surface area contributed by atoms with Gasteiger partial charge in [-0.3, -0.25) is 9.79 Å². The zero-order valence-electron chi connectivity index (χ0n) is 10.8. The quantitative estimate of drug-likeness (QED) is 0.789. The molecule has 1 saturated heterocycles. The Morgan fingerprint density at radius 2 is 2.15 bits per heavy atom. The smallest absolute Gasteiger partial charge is 0.233 e. The van der Waals surface area contributed by atoms with E-state index in [1.807, 2.05) is 34.7 Å². The molecule has 0 saturated carbocycles. The lowest BCUT2D eigenvalue weighted by molar-refractivity contribution is -0.127. The molecule has 0 N–H and O–H groups in total. The molecule has 0 aromatic carbocycles. The summed E-state index contributed by atoms with van der Waals surface area (Å²) in [5.41, 5.74) is 0. The van der Waals surface area contributed by atoms with Gasteiger partial charge in [0, 0.05) is 22.5 Å². The van der Waals surface area contributed by atoms with Crippen LogP contribution in [0.2, 0.25) is 0 Å². The molecule has 20 heavy (non-hydrogen) atoms. The fraction of sp³-hybridized carbons (Fsp3) is 0.286. The second kappa shape index (κ2) is 6.56. The van der Waals surface area contributed by atoms with Crippen molar-refractivity contribution < 1.29 is 4.79 Å². The average Bonchev–Trinajstić information content (AvgIpc) is 3.17. The molecule has 1 aliphatic rings. The van der Waals surface area contributed by atoms with Crippen LogP contribution in [0.3, 0.4) is 0 Å². The fourth-order valence-corrected chi connectivity index (χ4v) is 4.85. The molecule has 104 valence electrons. The van der Waals surface area contributed by atoms with Crippen molar-refractivity contribution in [2.75, 3.05) is 18.8 Å². The number of thioether (sulfide) groups is 1. The Labute approximate surface area is 130 Å². The minimum Gasteiger partial charge on any atom is -0.323 e. The van der Waals surface area contributed by atoms with Crippen LogP contribution in [0.5, 0.6) is 0 Å². The number of aliphatic imine (C=N–C) groups is 1. The van der Waals surface area contributed by atoms with Crippen LogP contribution in [0.1, 0.15) is 15.1 Å². The number of carbonyl (C=O) groups excluding carboxylic acids is 1. The molecule has 1 aliphatic heterocycles. The zero-order valence-corrected chi connectivity index (χ0v) is 13.2. The predicted octanol–water partition coefficient (Wildman–Crippen LogP) is 3.50. The lowest BCUT2D eigenvalue weighted by Gasteiger charge is -2.21. The number of nitrogens with zero attached hydrogens (tertiary/aromatic N) is 2. The molecular weight excluding hydrogens is 308 g/mol. The van der Waals surface area contributed by atoms with Crippen LogP contribution in [-0.4, -0.2) is 35.9 Å². The van der Waals surface area contributed by atoms with E-state index < -0.39 is 0 Å². The van der Waals surface area contributed by atoms with Gasteiger partial charge in [0.2, 0.25) is 5.91 Å². The van der Waals surface area contributed by atoms with Crippen molar-refractivity contribution >= 4 is 46.6 Å². The standard InChI is InChI=1S/C14H14N2OS3/c17-13-10-20-14(12-4-2-8-19-12)16(13)6-5-15-9-11-3-1-7-18-11/h1-4,7-9,14H,5-6,10H2. The first-order valence-electron chi connectivity index (χ1n) is 6.32. The molecule has 0 aliphatic carbocycles. The van der Waals surface area contributed by atoms with Gasteiger partial charge in [0.25, 0.3) is 0 Å². The van der Waals surface area contributed by atoms with Crippen molar-refractivity contribution in [1.29, 1.82) is 0 Å². The molecule has 3 rings (SSSR count). The molecule has 1 atom stereocenters. The van der Waals surface area contributed by atoms with Gasteiger partial charge in [0.15, 0.2) is 0 Å². The third-order valence-electron chi connectivity index (χ3n) is 2.99. The molecule has 1 amide bonds. The van der Waals surface area contributed by atoms with Gasteiger partial charge in [0.1, 0.15) is 5.37 Å². The van der Waals surface area contributed by atoms with Gasteiger partial charge in [-0.25, -0.2) is 0 Å². The zero-order chi connectivity index (χ0) is 13.8. The van der Waals surface area contributed by atoms with E-state index in [0.29, 0.717) is 18.8 Å². The van der Waals surface area contributed by atoms with Gasteiger partial charge in [-0.2, -0.15) is 0 Å². The van der Waals surface area contributed by atoms with E-state index in [9.17, 15) is 4.79 Å². The maximum absolute atomic E-state index is 12.0. The van der Waals surface area contributed by atoms with Crippen LogP contribution in [-0.2, 0) is 4.79 Å². The second-order valence-electron chi connectivity index (χ2n) is 4.32. The lowest BCUT2D eigenvalue weighted by Crippen LogP contribution is -2.30. The van der Waals surface area contributed by atoms with Crippen LogP contribution >= 0.6 is 34.4 Å². The normalized spacial score (nSPS) is 19.3. The summed E-state index contributed by atoms with van der Waals surface area (Å²) in [6, 6.07) is 8.19. The SMILES string of the molecule is O=C1CSC(c2cccs2)N1CCN=Cc1cccs1. The third-order valence-corrected chi connectivity index (χ3v) is 6.10. The van der Waals surface area contributed by atoms with Gasteiger partial charge in [-0.15, -0.1) is 34.4 Å². The summed E-state index contributed by atoms with van der Waals surface area (Å²) in [5.74, 6) is 0.803. The molecule has 2 aromatic heterocycles. The maximum atomic E-state index is 12.0. The van der Waals surface area contributed by atoms with Crippen LogP contribution < -0.4 is 0 Å². The van der Waals surface area contributed by atoms with Gasteiger partial charge in [0.05, 0.1) is 12.3 Å².